The molecule has 3 unspecified atom stereocenters. The minimum absolute atomic E-state index is 0.0349. The van der Waals surface area contributed by atoms with Gasteiger partial charge in [0, 0.05) is 27.0 Å². The number of alkyl halides is 1. The van der Waals surface area contributed by atoms with Crippen molar-refractivity contribution in [2.45, 2.75) is 56.8 Å². The Morgan fingerprint density at radius 2 is 2.09 bits per heavy atom. The summed E-state index contributed by atoms with van der Waals surface area (Å²) < 4.78 is 43.4. The molecule has 2 aliphatic rings. The van der Waals surface area contributed by atoms with Gasteiger partial charge in [-0.15, -0.1) is 0 Å². The van der Waals surface area contributed by atoms with Crippen LogP contribution in [-0.4, -0.2) is 40.5 Å². The fourth-order valence-corrected chi connectivity index (χ4v) is 4.60. The number of benzene rings is 1. The second-order valence-corrected chi connectivity index (χ2v) is 8.61. The van der Waals surface area contributed by atoms with E-state index in [1.807, 2.05) is 6.07 Å². The molecule has 1 saturated heterocycles. The smallest absolute Gasteiger partial charge is 0.252 e. The quantitative estimate of drug-likeness (QED) is 0.688. The summed E-state index contributed by atoms with van der Waals surface area (Å²) in [6.45, 7) is 1.33. The van der Waals surface area contributed by atoms with Crippen molar-refractivity contribution < 1.29 is 22.7 Å². The number of amides is 1. The maximum atomic E-state index is 14.6. The Morgan fingerprint density at radius 3 is 2.72 bits per heavy atom. The summed E-state index contributed by atoms with van der Waals surface area (Å²) in [5.74, 6) is -3.62. The fourth-order valence-electron chi connectivity index (χ4n) is 4.60. The molecule has 1 aromatic heterocycles. The number of piperidine rings is 1. The number of fused-ring (bicyclic) bond motifs is 1. The lowest BCUT2D eigenvalue weighted by atomic mass is 9.90. The van der Waals surface area contributed by atoms with Gasteiger partial charge in [-0.25, -0.2) is 13.2 Å². The van der Waals surface area contributed by atoms with Crippen molar-refractivity contribution in [1.29, 1.82) is 5.26 Å². The van der Waals surface area contributed by atoms with E-state index in [0.717, 1.165) is 6.07 Å². The van der Waals surface area contributed by atoms with Crippen LogP contribution in [0.4, 0.5) is 13.2 Å². The van der Waals surface area contributed by atoms with Crippen molar-refractivity contribution in [3.05, 3.63) is 50.2 Å². The molecule has 2 N–H and O–H groups in total. The molecular weight excluding hydrogens is 425 g/mol. The van der Waals surface area contributed by atoms with Gasteiger partial charge in [-0.2, -0.15) is 5.26 Å². The van der Waals surface area contributed by atoms with E-state index in [4.69, 9.17) is 5.26 Å². The molecule has 10 heteroatoms. The number of hydrogen-bond donors (Lipinski definition) is 2. The van der Waals surface area contributed by atoms with E-state index in [1.54, 1.807) is 0 Å². The van der Waals surface area contributed by atoms with Gasteiger partial charge >= 0.3 is 0 Å². The van der Waals surface area contributed by atoms with Crippen LogP contribution in [-0.2, 0) is 11.2 Å². The molecule has 2 aromatic rings. The minimum atomic E-state index is -1.59. The van der Waals surface area contributed by atoms with E-state index in [1.165, 1.54) is 13.0 Å². The lowest BCUT2D eigenvalue weighted by molar-refractivity contribution is -0.610. The van der Waals surface area contributed by atoms with Crippen molar-refractivity contribution in [3.8, 4) is 6.07 Å². The first-order valence-electron chi connectivity index (χ1n) is 10.5. The van der Waals surface area contributed by atoms with Gasteiger partial charge in [0.05, 0.1) is 24.0 Å². The number of rotatable bonds is 5. The number of hydrogen-bond acceptors (Lipinski definition) is 4. The molecule has 7 nitrogen and oxygen atoms in total. The zero-order valence-corrected chi connectivity index (χ0v) is 17.3. The predicted molar refractivity (Wildman–Crippen MR) is 109 cm³/mol. The normalized spacial score (nSPS) is 24.2. The van der Waals surface area contributed by atoms with Gasteiger partial charge in [0.1, 0.15) is 5.92 Å². The van der Waals surface area contributed by atoms with Gasteiger partial charge < -0.3 is 10.3 Å². The van der Waals surface area contributed by atoms with Crippen LogP contribution in [0.25, 0.3) is 10.9 Å². The number of nitroso groups, excluding NO2 is 1. The van der Waals surface area contributed by atoms with Gasteiger partial charge in [0.2, 0.25) is 12.5 Å². The first-order valence-corrected chi connectivity index (χ1v) is 10.5. The highest BCUT2D eigenvalue weighted by Gasteiger charge is 2.47. The Bertz CT molecular complexity index is 1200. The standard InChI is InChI=1S/C22H21F3N4O3/c1-10(21-15(24)6-11(8-26)9-29(21)32)27-17(30)7-13-18(12-2-3-12)19-16(28-22(13)31)5-4-14(23)20(19)25/h4-5,10-12,15,21H,2-3,6-7,9H2,1H3,(H-,27,28,30,31)/p+1/t10-,11?,15?,21?/m1/s1. The highest BCUT2D eigenvalue weighted by atomic mass is 19.2. The van der Waals surface area contributed by atoms with E-state index in [-0.39, 0.29) is 35.3 Å². The monoisotopic (exact) mass is 447 g/mol. The number of nitrogens with zero attached hydrogens (tertiary/aromatic N) is 2. The summed E-state index contributed by atoms with van der Waals surface area (Å²) in [4.78, 5) is 40.1. The molecular formula is C22H22F3N4O3+. The van der Waals surface area contributed by atoms with E-state index >= 15 is 0 Å². The van der Waals surface area contributed by atoms with Crippen LogP contribution in [0, 0.1) is 33.8 Å². The largest absolute Gasteiger partial charge is 0.346 e. The van der Waals surface area contributed by atoms with Gasteiger partial charge in [-0.05, 0) is 43.4 Å². The Hall–Kier alpha value is -3.22. The minimum Gasteiger partial charge on any atom is -0.346 e. The molecule has 2 heterocycles. The lowest BCUT2D eigenvalue weighted by Gasteiger charge is -2.26. The third kappa shape index (κ3) is 3.99. The number of aromatic nitrogens is 1. The van der Waals surface area contributed by atoms with Gasteiger partial charge in [-0.1, -0.05) is 0 Å². The molecule has 1 aliphatic carbocycles. The molecule has 0 spiro atoms. The van der Waals surface area contributed by atoms with Crippen LogP contribution in [0.3, 0.4) is 0 Å². The molecule has 1 saturated carbocycles. The number of carbonyl (C=O) groups is 1. The van der Waals surface area contributed by atoms with Crippen LogP contribution < -0.4 is 10.9 Å². The first-order chi connectivity index (χ1) is 15.2. The highest BCUT2D eigenvalue weighted by molar-refractivity contribution is 5.87. The van der Waals surface area contributed by atoms with E-state index in [9.17, 15) is 27.7 Å². The number of carbonyl (C=O) groups excluding carboxylic acids is 1. The fraction of sp³-hybridized carbons (Fsp3) is 0.500. The number of pyridine rings is 1. The topological polar surface area (TPSA) is 106 Å². The van der Waals surface area contributed by atoms with Crippen LogP contribution >= 0.6 is 0 Å². The zero-order chi connectivity index (χ0) is 23.2. The molecule has 0 bridgehead atoms. The predicted octanol–water partition coefficient (Wildman–Crippen LogP) is 2.76. The summed E-state index contributed by atoms with van der Waals surface area (Å²) in [5.41, 5.74) is -0.0496. The maximum absolute atomic E-state index is 14.6. The Labute approximate surface area is 181 Å². The van der Waals surface area contributed by atoms with Crippen molar-refractivity contribution >= 4 is 16.8 Å². The summed E-state index contributed by atoms with van der Waals surface area (Å²) in [5, 5.41) is 11.5. The number of H-pyrrole nitrogens is 1. The van der Waals surface area contributed by atoms with Crippen molar-refractivity contribution in [1.82, 2.24) is 10.3 Å². The van der Waals surface area contributed by atoms with Crippen molar-refractivity contribution in [2.24, 2.45) is 5.92 Å². The average molecular weight is 447 g/mol. The summed E-state index contributed by atoms with van der Waals surface area (Å²) in [6.07, 6.45) is -0.724. The lowest BCUT2D eigenvalue weighted by Crippen LogP contribution is -2.55. The number of aromatic amines is 1. The molecule has 32 heavy (non-hydrogen) atoms. The molecule has 4 atom stereocenters. The molecule has 168 valence electrons. The highest BCUT2D eigenvalue weighted by Crippen LogP contribution is 2.44. The number of nitrogens with one attached hydrogen (secondary N) is 2. The molecule has 2 fully saturated rings. The van der Waals surface area contributed by atoms with E-state index in [0.29, 0.717) is 23.2 Å². The number of halogens is 3. The van der Waals surface area contributed by atoms with Gasteiger partial charge in [0.15, 0.2) is 17.8 Å². The summed E-state index contributed by atoms with van der Waals surface area (Å²) >= 11 is 0. The van der Waals surface area contributed by atoms with E-state index in [2.05, 4.69) is 10.3 Å². The van der Waals surface area contributed by atoms with Crippen LogP contribution in [0.15, 0.2) is 16.9 Å². The Balaban J connectivity index is 1.59. The van der Waals surface area contributed by atoms with Crippen molar-refractivity contribution in [2.75, 3.05) is 6.54 Å². The van der Waals surface area contributed by atoms with Crippen LogP contribution in [0.5, 0.6) is 0 Å². The SMILES string of the molecule is C[C@@H](NC(=O)Cc1c(C2CC2)c2c(F)c(F)ccc2[nH]c1=O)C1C(F)CC(C#N)C[N+]1=O. The second-order valence-electron chi connectivity index (χ2n) is 8.61. The van der Waals surface area contributed by atoms with Gasteiger partial charge in [0.25, 0.3) is 11.6 Å². The number of nitriles is 1. The third-order valence-electron chi connectivity index (χ3n) is 6.23. The maximum Gasteiger partial charge on any atom is 0.252 e. The average Bonchev–Trinajstić information content (AvgIpc) is 3.56. The summed E-state index contributed by atoms with van der Waals surface area (Å²) in [7, 11) is 0. The first kappa shape index (κ1) is 22.0. The Morgan fingerprint density at radius 1 is 1.38 bits per heavy atom. The molecule has 1 aliphatic heterocycles. The van der Waals surface area contributed by atoms with E-state index < -0.39 is 53.7 Å². The molecule has 1 amide bonds. The molecule has 0 radical (unpaired) electrons. The third-order valence-corrected chi connectivity index (χ3v) is 6.23. The second kappa shape index (κ2) is 8.37. The van der Waals surface area contributed by atoms with Crippen LogP contribution in [0.1, 0.15) is 43.2 Å². The molecule has 1 aromatic carbocycles. The van der Waals surface area contributed by atoms with Gasteiger partial charge in [-0.3, -0.25) is 9.59 Å². The summed E-state index contributed by atoms with van der Waals surface area (Å²) in [6, 6.07) is 2.06. The Kier molecular flexibility index (Phi) is 5.75. The van der Waals surface area contributed by atoms with Crippen LogP contribution in [0.2, 0.25) is 0 Å². The zero-order valence-electron chi connectivity index (χ0n) is 17.3. The van der Waals surface area contributed by atoms with Crippen molar-refractivity contribution in [3.63, 3.8) is 0 Å². The molecule has 4 rings (SSSR count).